The number of benzene rings is 7. The molecule has 2 nitrogen and oxygen atoms in total. The molecule has 0 spiro atoms. The molecule has 0 radical (unpaired) electrons. The molecule has 1 heterocycles. The average molecular weight is 524 g/mol. The van der Waals surface area contributed by atoms with Crippen LogP contribution in [0.4, 0.5) is 0 Å². The molecule has 1 aromatic heterocycles. The Morgan fingerprint density at radius 2 is 0.854 bits per heavy atom. The maximum atomic E-state index is 14.5. The van der Waals surface area contributed by atoms with Gasteiger partial charge in [0.05, 0.1) is 11.2 Å². The topological polar surface area (TPSA) is 22.0 Å². The van der Waals surface area contributed by atoms with Crippen LogP contribution >= 0.6 is 0 Å². The van der Waals surface area contributed by atoms with Crippen molar-refractivity contribution < 1.29 is 0 Å². The molecule has 192 valence electrons. The summed E-state index contributed by atoms with van der Waals surface area (Å²) in [6.45, 7) is 0. The fourth-order valence-corrected chi connectivity index (χ4v) is 6.38. The van der Waals surface area contributed by atoms with Crippen molar-refractivity contribution in [3.8, 4) is 27.9 Å². The standard InChI is InChI=1S/C39H25NO/c41-39-34-22-12-7-17-29(34)35-25-28(26-13-3-1-4-14-26)23-24-36(35)40(39)38-32-20-10-8-18-30(32)37(27-15-5-2-6-16-27)31-19-9-11-21-33(31)38/h1-25H. The Hall–Kier alpha value is -5.47. The van der Waals surface area contributed by atoms with Crippen molar-refractivity contribution in [1.82, 2.24) is 4.57 Å². The molecule has 0 atom stereocenters. The minimum atomic E-state index is -0.0108. The Kier molecular flexibility index (Phi) is 5.33. The second-order valence-electron chi connectivity index (χ2n) is 10.5. The molecule has 0 saturated heterocycles. The van der Waals surface area contributed by atoms with E-state index in [2.05, 4.69) is 121 Å². The number of aromatic nitrogens is 1. The van der Waals surface area contributed by atoms with E-state index in [1.54, 1.807) is 0 Å². The van der Waals surface area contributed by atoms with Gasteiger partial charge in [0.1, 0.15) is 0 Å². The van der Waals surface area contributed by atoms with Crippen molar-refractivity contribution >= 4 is 43.2 Å². The molecule has 41 heavy (non-hydrogen) atoms. The van der Waals surface area contributed by atoms with Gasteiger partial charge >= 0.3 is 0 Å². The zero-order chi connectivity index (χ0) is 27.3. The second kappa shape index (κ2) is 9.32. The Bertz CT molecular complexity index is 2260. The number of hydrogen-bond donors (Lipinski definition) is 0. The molecule has 2 heteroatoms. The highest BCUT2D eigenvalue weighted by Gasteiger charge is 2.20. The van der Waals surface area contributed by atoms with Crippen molar-refractivity contribution in [2.75, 3.05) is 0 Å². The summed E-state index contributed by atoms with van der Waals surface area (Å²) in [6, 6.07) is 52.3. The number of hydrogen-bond acceptors (Lipinski definition) is 1. The monoisotopic (exact) mass is 523 g/mol. The summed E-state index contributed by atoms with van der Waals surface area (Å²) in [7, 11) is 0. The van der Waals surface area contributed by atoms with Crippen molar-refractivity contribution in [2.24, 2.45) is 0 Å². The van der Waals surface area contributed by atoms with Gasteiger partial charge in [-0.2, -0.15) is 0 Å². The molecule has 0 bridgehead atoms. The summed E-state index contributed by atoms with van der Waals surface area (Å²) < 4.78 is 1.95. The van der Waals surface area contributed by atoms with Gasteiger partial charge in [-0.15, -0.1) is 0 Å². The van der Waals surface area contributed by atoms with E-state index in [1.165, 1.54) is 5.56 Å². The summed E-state index contributed by atoms with van der Waals surface area (Å²) in [6.07, 6.45) is 0. The summed E-state index contributed by atoms with van der Waals surface area (Å²) in [5, 5.41) is 7.10. The third kappa shape index (κ3) is 3.62. The fraction of sp³-hybridized carbons (Fsp3) is 0. The molecule has 0 aliphatic heterocycles. The van der Waals surface area contributed by atoms with Crippen LogP contribution in [0, 0.1) is 0 Å². The predicted molar refractivity (Wildman–Crippen MR) is 173 cm³/mol. The number of fused-ring (bicyclic) bond motifs is 5. The molecular weight excluding hydrogens is 498 g/mol. The number of nitrogens with zero attached hydrogens (tertiary/aromatic N) is 1. The van der Waals surface area contributed by atoms with Gasteiger partial charge in [0.25, 0.3) is 5.56 Å². The Labute approximate surface area is 237 Å². The largest absolute Gasteiger partial charge is 0.275 e. The van der Waals surface area contributed by atoms with Crippen LogP contribution in [0.15, 0.2) is 156 Å². The molecule has 0 aliphatic rings. The van der Waals surface area contributed by atoms with Crippen LogP contribution in [0.2, 0.25) is 0 Å². The average Bonchev–Trinajstić information content (AvgIpc) is 3.05. The van der Waals surface area contributed by atoms with Crippen molar-refractivity contribution in [3.05, 3.63) is 162 Å². The van der Waals surface area contributed by atoms with E-state index in [0.29, 0.717) is 5.39 Å². The smallest absolute Gasteiger partial charge is 0.263 e. The van der Waals surface area contributed by atoms with Crippen LogP contribution in [0.1, 0.15) is 0 Å². The molecule has 8 aromatic rings. The lowest BCUT2D eigenvalue weighted by Gasteiger charge is -2.21. The highest BCUT2D eigenvalue weighted by molar-refractivity contribution is 6.19. The normalized spacial score (nSPS) is 11.5. The van der Waals surface area contributed by atoms with E-state index in [-0.39, 0.29) is 5.56 Å². The van der Waals surface area contributed by atoms with Gasteiger partial charge in [0, 0.05) is 21.5 Å². The first kappa shape index (κ1) is 23.4. The summed E-state index contributed by atoms with van der Waals surface area (Å²) in [4.78, 5) is 14.5. The summed E-state index contributed by atoms with van der Waals surface area (Å²) in [5.74, 6) is 0. The van der Waals surface area contributed by atoms with E-state index < -0.39 is 0 Å². The van der Waals surface area contributed by atoms with Crippen LogP contribution in [-0.2, 0) is 0 Å². The molecule has 0 saturated carbocycles. The number of rotatable bonds is 3. The second-order valence-corrected chi connectivity index (χ2v) is 10.5. The first-order chi connectivity index (χ1) is 20.3. The zero-order valence-corrected chi connectivity index (χ0v) is 22.3. The maximum Gasteiger partial charge on any atom is 0.263 e. The van der Waals surface area contributed by atoms with Crippen molar-refractivity contribution in [2.45, 2.75) is 0 Å². The Morgan fingerprint density at radius 3 is 1.46 bits per heavy atom. The molecule has 0 aliphatic carbocycles. The van der Waals surface area contributed by atoms with Crippen LogP contribution in [0.25, 0.3) is 71.2 Å². The predicted octanol–water partition coefficient (Wildman–Crippen LogP) is 9.78. The van der Waals surface area contributed by atoms with Gasteiger partial charge in [0.15, 0.2) is 0 Å². The van der Waals surface area contributed by atoms with E-state index in [0.717, 1.165) is 60.2 Å². The molecule has 7 aromatic carbocycles. The molecular formula is C39H25NO. The third-order valence-corrected chi connectivity index (χ3v) is 8.18. The molecule has 8 rings (SSSR count). The van der Waals surface area contributed by atoms with Crippen LogP contribution in [-0.4, -0.2) is 4.57 Å². The van der Waals surface area contributed by atoms with Gasteiger partial charge in [-0.1, -0.05) is 133 Å². The van der Waals surface area contributed by atoms with Crippen LogP contribution in [0.3, 0.4) is 0 Å². The van der Waals surface area contributed by atoms with Crippen molar-refractivity contribution in [3.63, 3.8) is 0 Å². The Balaban J connectivity index is 1.57. The van der Waals surface area contributed by atoms with E-state index in [9.17, 15) is 4.79 Å². The van der Waals surface area contributed by atoms with Gasteiger partial charge in [-0.3, -0.25) is 9.36 Å². The molecule has 0 N–H and O–H groups in total. The fourth-order valence-electron chi connectivity index (χ4n) is 6.38. The molecule has 0 unspecified atom stereocenters. The number of pyridine rings is 1. The summed E-state index contributed by atoms with van der Waals surface area (Å²) in [5.41, 5.74) is 6.44. The third-order valence-electron chi connectivity index (χ3n) is 8.18. The molecule has 0 amide bonds. The highest BCUT2D eigenvalue weighted by atomic mass is 16.1. The molecule has 0 fully saturated rings. The lowest BCUT2D eigenvalue weighted by Crippen LogP contribution is -2.20. The Morgan fingerprint density at radius 1 is 0.366 bits per heavy atom. The van der Waals surface area contributed by atoms with Crippen LogP contribution < -0.4 is 5.56 Å². The SMILES string of the molecule is O=c1c2ccccc2c2cc(-c3ccccc3)ccc2n1-c1c2ccccc2c(-c2ccccc2)c2ccccc12. The minimum Gasteiger partial charge on any atom is -0.275 e. The van der Waals surface area contributed by atoms with E-state index in [4.69, 9.17) is 0 Å². The van der Waals surface area contributed by atoms with Crippen molar-refractivity contribution in [1.29, 1.82) is 0 Å². The lowest BCUT2D eigenvalue weighted by molar-refractivity contribution is 1.08. The first-order valence-electron chi connectivity index (χ1n) is 13.9. The zero-order valence-electron chi connectivity index (χ0n) is 22.3. The summed E-state index contributed by atoms with van der Waals surface area (Å²) >= 11 is 0. The van der Waals surface area contributed by atoms with Crippen LogP contribution in [0.5, 0.6) is 0 Å². The quantitative estimate of drug-likeness (QED) is 0.167. The van der Waals surface area contributed by atoms with Gasteiger partial charge in [-0.25, -0.2) is 0 Å². The minimum absolute atomic E-state index is 0.0108. The van der Waals surface area contributed by atoms with Gasteiger partial charge in [-0.05, 0) is 56.6 Å². The van der Waals surface area contributed by atoms with E-state index in [1.807, 2.05) is 34.9 Å². The highest BCUT2D eigenvalue weighted by Crippen LogP contribution is 2.42. The lowest BCUT2D eigenvalue weighted by atomic mass is 9.90. The maximum absolute atomic E-state index is 14.5. The van der Waals surface area contributed by atoms with Gasteiger partial charge < -0.3 is 0 Å². The van der Waals surface area contributed by atoms with Gasteiger partial charge in [0.2, 0.25) is 0 Å². The van der Waals surface area contributed by atoms with E-state index >= 15 is 0 Å². The first-order valence-corrected chi connectivity index (χ1v) is 13.9.